The number of nitrogens with zero attached hydrogens (tertiary/aromatic N) is 3. The van der Waals surface area contributed by atoms with Crippen molar-refractivity contribution in [2.75, 3.05) is 11.9 Å². The summed E-state index contributed by atoms with van der Waals surface area (Å²) in [5, 5.41) is 3.35. The zero-order valence-electron chi connectivity index (χ0n) is 13.5. The molecule has 2 rings (SSSR count). The van der Waals surface area contributed by atoms with Crippen LogP contribution in [0.3, 0.4) is 0 Å². The lowest BCUT2D eigenvalue weighted by atomic mass is 10.1. The van der Waals surface area contributed by atoms with Gasteiger partial charge >= 0.3 is 6.18 Å². The summed E-state index contributed by atoms with van der Waals surface area (Å²) in [6.07, 6.45) is -3.45. The first kappa shape index (κ1) is 18.3. The number of alkyl halides is 3. The number of carbonyl (C=O) groups excluding carboxylic acids is 1. The third-order valence-corrected chi connectivity index (χ3v) is 4.04. The number of Topliss-reactive ketones (excluding diaryl/α,β-unsaturated/α-hetero) is 1. The molecule has 0 saturated heterocycles. The first-order valence-electron chi connectivity index (χ1n) is 7.33. The molecule has 2 aromatic rings. The SMILES string of the molecule is CCCC(=O)c1ccc(N(C)c2c(C(F)(F)F)nn(C)c2Cl)cc1. The van der Waals surface area contributed by atoms with E-state index in [1.54, 1.807) is 24.3 Å². The van der Waals surface area contributed by atoms with E-state index in [-0.39, 0.29) is 16.6 Å². The molecule has 0 spiro atoms. The van der Waals surface area contributed by atoms with Crippen LogP contribution < -0.4 is 4.90 Å². The van der Waals surface area contributed by atoms with Crippen LogP contribution in [0.4, 0.5) is 24.5 Å². The van der Waals surface area contributed by atoms with Gasteiger partial charge in [0.25, 0.3) is 0 Å². The predicted octanol–water partition coefficient (Wildman–Crippen LogP) is 4.84. The maximum absolute atomic E-state index is 13.2. The van der Waals surface area contributed by atoms with Gasteiger partial charge in [-0.3, -0.25) is 9.48 Å². The molecule has 0 aliphatic rings. The maximum atomic E-state index is 13.2. The first-order valence-corrected chi connectivity index (χ1v) is 7.71. The van der Waals surface area contributed by atoms with Gasteiger partial charge < -0.3 is 4.90 Å². The highest BCUT2D eigenvalue weighted by Gasteiger charge is 2.40. The molecule has 0 amide bonds. The Kier molecular flexibility index (Phi) is 5.22. The number of benzene rings is 1. The van der Waals surface area contributed by atoms with Gasteiger partial charge in [-0.25, -0.2) is 0 Å². The van der Waals surface area contributed by atoms with Crippen molar-refractivity contribution in [2.24, 2.45) is 7.05 Å². The lowest BCUT2D eigenvalue weighted by molar-refractivity contribution is -0.140. The lowest BCUT2D eigenvalue weighted by Gasteiger charge is -2.20. The molecule has 8 heteroatoms. The van der Waals surface area contributed by atoms with Gasteiger partial charge in [0, 0.05) is 31.8 Å². The molecule has 1 aromatic carbocycles. The van der Waals surface area contributed by atoms with Crippen LogP contribution in [0.5, 0.6) is 0 Å². The number of ketones is 1. The summed E-state index contributed by atoms with van der Waals surface area (Å²) in [4.78, 5) is 13.2. The number of carbonyl (C=O) groups is 1. The molecule has 0 aliphatic carbocycles. The van der Waals surface area contributed by atoms with Crippen molar-refractivity contribution in [1.29, 1.82) is 0 Å². The Morgan fingerprint density at radius 1 is 1.29 bits per heavy atom. The predicted molar refractivity (Wildman–Crippen MR) is 87.0 cm³/mol. The van der Waals surface area contributed by atoms with Crippen molar-refractivity contribution in [3.8, 4) is 0 Å². The molecule has 0 N–H and O–H groups in total. The van der Waals surface area contributed by atoms with Crippen LogP contribution >= 0.6 is 11.6 Å². The van der Waals surface area contributed by atoms with E-state index in [1.165, 1.54) is 19.0 Å². The van der Waals surface area contributed by atoms with Crippen LogP contribution in [-0.4, -0.2) is 22.6 Å². The Labute approximate surface area is 142 Å². The third-order valence-electron chi connectivity index (χ3n) is 3.61. The molecular weight excluding hydrogens is 343 g/mol. The smallest absolute Gasteiger partial charge is 0.340 e. The summed E-state index contributed by atoms with van der Waals surface area (Å²) in [6.45, 7) is 1.91. The Morgan fingerprint density at radius 2 is 1.88 bits per heavy atom. The summed E-state index contributed by atoms with van der Waals surface area (Å²) in [7, 11) is 2.82. The van der Waals surface area contributed by atoms with Gasteiger partial charge in [-0.05, 0) is 30.7 Å². The highest BCUT2D eigenvalue weighted by molar-refractivity contribution is 6.32. The molecule has 1 heterocycles. The second kappa shape index (κ2) is 6.84. The Balaban J connectivity index is 2.39. The summed E-state index contributed by atoms with van der Waals surface area (Å²) >= 11 is 5.99. The number of anilines is 2. The second-order valence-corrected chi connectivity index (χ2v) is 5.75. The number of hydrogen-bond acceptors (Lipinski definition) is 3. The third kappa shape index (κ3) is 3.56. The Morgan fingerprint density at radius 3 is 2.38 bits per heavy atom. The molecular formula is C16H17ClF3N3O. The number of aromatic nitrogens is 2. The molecule has 0 fully saturated rings. The fourth-order valence-corrected chi connectivity index (χ4v) is 2.61. The van der Waals surface area contributed by atoms with E-state index >= 15 is 0 Å². The van der Waals surface area contributed by atoms with Gasteiger partial charge in [-0.15, -0.1) is 0 Å². The molecule has 4 nitrogen and oxygen atoms in total. The van der Waals surface area contributed by atoms with Crippen molar-refractivity contribution >= 4 is 28.8 Å². The lowest BCUT2D eigenvalue weighted by Crippen LogP contribution is -2.16. The standard InChI is InChI=1S/C16H17ClF3N3O/c1-4-5-12(24)10-6-8-11(9-7-10)22(2)13-14(16(18,19)20)21-23(3)15(13)17/h6-9H,4-5H2,1-3H3. The molecule has 0 atom stereocenters. The van der Waals surface area contributed by atoms with E-state index in [2.05, 4.69) is 5.10 Å². The van der Waals surface area contributed by atoms with Gasteiger partial charge in [0.05, 0.1) is 0 Å². The van der Waals surface area contributed by atoms with Crippen molar-refractivity contribution in [1.82, 2.24) is 9.78 Å². The van der Waals surface area contributed by atoms with Gasteiger partial charge in [0.15, 0.2) is 16.6 Å². The van der Waals surface area contributed by atoms with Gasteiger partial charge in [0.2, 0.25) is 0 Å². The first-order chi connectivity index (χ1) is 11.2. The number of hydrogen-bond donors (Lipinski definition) is 0. The van der Waals surface area contributed by atoms with Gasteiger partial charge in [-0.2, -0.15) is 18.3 Å². The highest BCUT2D eigenvalue weighted by Crippen LogP contribution is 2.41. The number of rotatable bonds is 5. The molecule has 0 unspecified atom stereocenters. The number of halogens is 4. The molecule has 0 aliphatic heterocycles. The normalized spacial score (nSPS) is 11.6. The summed E-state index contributed by atoms with van der Waals surface area (Å²) < 4.78 is 40.5. The van der Waals surface area contributed by atoms with E-state index in [4.69, 9.17) is 11.6 Å². The molecule has 1 aromatic heterocycles. The molecule has 24 heavy (non-hydrogen) atoms. The van der Waals surface area contributed by atoms with E-state index in [0.29, 0.717) is 17.7 Å². The molecule has 0 radical (unpaired) electrons. The summed E-state index contributed by atoms with van der Waals surface area (Å²) in [5.74, 6) is 0.00194. The maximum Gasteiger partial charge on any atom is 0.437 e. The highest BCUT2D eigenvalue weighted by atomic mass is 35.5. The number of aryl methyl sites for hydroxylation is 1. The minimum atomic E-state index is -4.62. The van der Waals surface area contributed by atoms with Crippen molar-refractivity contribution < 1.29 is 18.0 Å². The second-order valence-electron chi connectivity index (χ2n) is 5.39. The largest absolute Gasteiger partial charge is 0.437 e. The quantitative estimate of drug-likeness (QED) is 0.717. The summed E-state index contributed by atoms with van der Waals surface area (Å²) in [6, 6.07) is 6.38. The van der Waals surface area contributed by atoms with Crippen molar-refractivity contribution in [2.45, 2.75) is 25.9 Å². The Hall–Kier alpha value is -2.02. The monoisotopic (exact) mass is 359 g/mol. The van der Waals surface area contributed by atoms with Crippen LogP contribution in [0.2, 0.25) is 5.15 Å². The zero-order valence-corrected chi connectivity index (χ0v) is 14.2. The van der Waals surface area contributed by atoms with Crippen LogP contribution in [0.25, 0.3) is 0 Å². The van der Waals surface area contributed by atoms with Crippen LogP contribution in [0.15, 0.2) is 24.3 Å². The topological polar surface area (TPSA) is 38.1 Å². The summed E-state index contributed by atoms with van der Waals surface area (Å²) in [5.41, 5.74) is -0.270. The van der Waals surface area contributed by atoms with Crippen LogP contribution in [0.1, 0.15) is 35.8 Å². The van der Waals surface area contributed by atoms with Gasteiger partial charge in [0.1, 0.15) is 5.69 Å². The fourth-order valence-electron chi connectivity index (χ4n) is 2.35. The van der Waals surface area contributed by atoms with Crippen LogP contribution in [0, 0.1) is 0 Å². The molecule has 130 valence electrons. The van der Waals surface area contributed by atoms with Crippen molar-refractivity contribution in [3.05, 3.63) is 40.7 Å². The minimum absolute atomic E-state index is 0.00194. The fraction of sp³-hybridized carbons (Fsp3) is 0.375. The van der Waals surface area contributed by atoms with Crippen molar-refractivity contribution in [3.63, 3.8) is 0 Å². The zero-order chi connectivity index (χ0) is 18.1. The van der Waals surface area contributed by atoms with E-state index < -0.39 is 11.9 Å². The molecule has 0 saturated carbocycles. The Bertz CT molecular complexity index is 738. The van der Waals surface area contributed by atoms with Crippen LogP contribution in [-0.2, 0) is 13.2 Å². The minimum Gasteiger partial charge on any atom is -0.340 e. The average molecular weight is 360 g/mol. The van der Waals surface area contributed by atoms with E-state index in [0.717, 1.165) is 11.1 Å². The van der Waals surface area contributed by atoms with E-state index in [1.807, 2.05) is 6.92 Å². The average Bonchev–Trinajstić information content (AvgIpc) is 2.83. The molecule has 0 bridgehead atoms. The van der Waals surface area contributed by atoms with Gasteiger partial charge in [-0.1, -0.05) is 18.5 Å². The van der Waals surface area contributed by atoms with E-state index in [9.17, 15) is 18.0 Å².